The van der Waals surface area contributed by atoms with E-state index in [4.69, 9.17) is 19.3 Å². The van der Waals surface area contributed by atoms with Crippen molar-refractivity contribution in [1.29, 1.82) is 0 Å². The number of aliphatic hydroxyl groups is 1. The molecule has 0 amide bonds. The van der Waals surface area contributed by atoms with Crippen LogP contribution in [0.5, 0.6) is 0 Å². The summed E-state index contributed by atoms with van der Waals surface area (Å²) in [4.78, 5) is 34.9. The van der Waals surface area contributed by atoms with Crippen LogP contribution in [0, 0.1) is 5.41 Å². The molecule has 0 atom stereocenters. The monoisotopic (exact) mass is 398 g/mol. The van der Waals surface area contributed by atoms with Crippen molar-refractivity contribution >= 4 is 17.9 Å². The molecule has 0 aliphatic carbocycles. The molecule has 0 saturated carbocycles. The lowest BCUT2D eigenvalue weighted by atomic mass is 9.88. The Kier molecular flexibility index (Phi) is 14.5. The van der Waals surface area contributed by atoms with Gasteiger partial charge in [-0.15, -0.1) is 0 Å². The molecule has 0 aromatic heterocycles. The number of ether oxygens (including phenoxy) is 3. The van der Waals surface area contributed by atoms with Crippen LogP contribution in [0.25, 0.3) is 0 Å². The number of rotatable bonds is 11. The fourth-order valence-electron chi connectivity index (χ4n) is 1.46. The largest absolute Gasteiger partial charge is 0.461 e. The zero-order valence-corrected chi connectivity index (χ0v) is 17.8. The maximum atomic E-state index is 11.6. The number of carbonyl (C=O) groups excluding carboxylic acids is 3. The summed E-state index contributed by atoms with van der Waals surface area (Å²) in [6.45, 7) is 18.9. The maximum absolute atomic E-state index is 11.6. The molecule has 0 radical (unpaired) electrons. The van der Waals surface area contributed by atoms with Crippen LogP contribution in [0.1, 0.15) is 47.5 Å². The lowest BCUT2D eigenvalue weighted by Gasteiger charge is -2.31. The molecule has 0 aromatic carbocycles. The molecule has 7 heteroatoms. The minimum Gasteiger partial charge on any atom is -0.461 e. The molecule has 1 N–H and O–H groups in total. The molecule has 0 aromatic rings. The Morgan fingerprint density at radius 2 is 1.00 bits per heavy atom. The van der Waals surface area contributed by atoms with Gasteiger partial charge in [-0.3, -0.25) is 0 Å². The molecule has 160 valence electrons. The molecule has 0 fully saturated rings. The third-order valence-corrected chi connectivity index (χ3v) is 3.55. The van der Waals surface area contributed by atoms with Gasteiger partial charge in [-0.05, 0) is 33.6 Å². The lowest BCUT2D eigenvalue weighted by molar-refractivity contribution is -0.157. The minimum atomic E-state index is -0.860. The molecule has 7 nitrogen and oxygen atoms in total. The van der Waals surface area contributed by atoms with Gasteiger partial charge in [-0.2, -0.15) is 0 Å². The van der Waals surface area contributed by atoms with Crippen molar-refractivity contribution < 1.29 is 33.7 Å². The normalized spacial score (nSPS) is 10.1. The summed E-state index contributed by atoms with van der Waals surface area (Å²) >= 11 is 0. The van der Waals surface area contributed by atoms with Crippen molar-refractivity contribution in [2.45, 2.75) is 47.5 Å². The quantitative estimate of drug-likeness (QED) is 0.324. The van der Waals surface area contributed by atoms with Crippen LogP contribution in [-0.2, 0) is 28.6 Å². The van der Waals surface area contributed by atoms with E-state index in [1.807, 2.05) is 13.8 Å². The highest BCUT2D eigenvalue weighted by Gasteiger charge is 2.34. The van der Waals surface area contributed by atoms with Gasteiger partial charge in [0, 0.05) is 23.3 Å². The number of hydrogen-bond acceptors (Lipinski definition) is 7. The Morgan fingerprint density at radius 1 is 0.750 bits per heavy atom. The highest BCUT2D eigenvalue weighted by Crippen LogP contribution is 2.25. The number of esters is 3. The van der Waals surface area contributed by atoms with Gasteiger partial charge in [0.15, 0.2) is 0 Å². The van der Waals surface area contributed by atoms with Gasteiger partial charge in [0.2, 0.25) is 0 Å². The molecule has 0 saturated heterocycles. The van der Waals surface area contributed by atoms with Crippen LogP contribution >= 0.6 is 0 Å². The Balaban J connectivity index is 0. The first-order chi connectivity index (χ1) is 13.0. The Labute approximate surface area is 168 Å². The first kappa shape index (κ1) is 27.8. The van der Waals surface area contributed by atoms with Crippen molar-refractivity contribution in [2.24, 2.45) is 5.41 Å². The van der Waals surface area contributed by atoms with Gasteiger partial charge < -0.3 is 19.3 Å². The average molecular weight is 398 g/mol. The van der Waals surface area contributed by atoms with E-state index in [1.165, 1.54) is 20.8 Å². The number of carbonyl (C=O) groups is 3. The van der Waals surface area contributed by atoms with E-state index in [9.17, 15) is 14.4 Å². The average Bonchev–Trinajstić information content (AvgIpc) is 2.66. The first-order valence-electron chi connectivity index (χ1n) is 9.05. The van der Waals surface area contributed by atoms with Crippen molar-refractivity contribution in [2.75, 3.05) is 26.4 Å². The summed E-state index contributed by atoms with van der Waals surface area (Å²) in [5.41, 5.74) is -0.116. The summed E-state index contributed by atoms with van der Waals surface area (Å²) in [5.74, 6) is -1.69. The van der Waals surface area contributed by atoms with Crippen molar-refractivity contribution in [3.63, 3.8) is 0 Å². The van der Waals surface area contributed by atoms with Gasteiger partial charge in [0.25, 0.3) is 0 Å². The molecule has 0 unspecified atom stereocenters. The van der Waals surface area contributed by atoms with Gasteiger partial charge in [0.1, 0.15) is 19.8 Å². The molecule has 0 spiro atoms. The van der Waals surface area contributed by atoms with Crippen LogP contribution < -0.4 is 0 Å². The molecule has 0 aliphatic rings. The zero-order valence-electron chi connectivity index (χ0n) is 17.8. The van der Waals surface area contributed by atoms with E-state index in [-0.39, 0.29) is 36.5 Å². The Morgan fingerprint density at radius 3 is 1.14 bits per heavy atom. The summed E-state index contributed by atoms with van der Waals surface area (Å²) in [7, 11) is 0. The Hall–Kier alpha value is -2.41. The third kappa shape index (κ3) is 12.1. The molecular formula is C21H34O7. The summed E-state index contributed by atoms with van der Waals surface area (Å²) in [6.07, 6.45) is 1.32. The second-order valence-corrected chi connectivity index (χ2v) is 6.65. The maximum Gasteiger partial charge on any atom is 0.333 e. The van der Waals surface area contributed by atoms with Crippen LogP contribution in [-0.4, -0.2) is 49.4 Å². The van der Waals surface area contributed by atoms with E-state index >= 15 is 0 Å². The molecule has 28 heavy (non-hydrogen) atoms. The molecular weight excluding hydrogens is 364 g/mol. The molecule has 0 heterocycles. The van der Waals surface area contributed by atoms with E-state index in [0.717, 1.165) is 6.42 Å². The summed E-state index contributed by atoms with van der Waals surface area (Å²) in [6, 6.07) is 0. The van der Waals surface area contributed by atoms with Gasteiger partial charge >= 0.3 is 17.9 Å². The zero-order chi connectivity index (χ0) is 22.3. The predicted octanol–water partition coefficient (Wildman–Crippen LogP) is 3.13. The van der Waals surface area contributed by atoms with E-state index in [0.29, 0.717) is 13.0 Å². The van der Waals surface area contributed by atoms with E-state index in [1.54, 1.807) is 0 Å². The van der Waals surface area contributed by atoms with Crippen LogP contribution in [0.2, 0.25) is 0 Å². The molecule has 0 aliphatic heterocycles. The molecule has 0 bridgehead atoms. The highest BCUT2D eigenvalue weighted by molar-refractivity contribution is 5.88. The summed E-state index contributed by atoms with van der Waals surface area (Å²) in [5, 5.41) is 7.88. The molecule has 0 rings (SSSR count). The highest BCUT2D eigenvalue weighted by atomic mass is 16.6. The number of hydrogen-bond donors (Lipinski definition) is 1. The number of aliphatic hydroxyl groups excluding tert-OH is 1. The third-order valence-electron chi connectivity index (χ3n) is 3.55. The van der Waals surface area contributed by atoms with E-state index < -0.39 is 23.3 Å². The van der Waals surface area contributed by atoms with Crippen LogP contribution in [0.4, 0.5) is 0 Å². The minimum absolute atomic E-state index is 0.0812. The van der Waals surface area contributed by atoms with Crippen LogP contribution in [0.3, 0.4) is 0 Å². The first-order valence-corrected chi connectivity index (χ1v) is 9.05. The Bertz CT molecular complexity index is 499. The van der Waals surface area contributed by atoms with Crippen molar-refractivity contribution in [1.82, 2.24) is 0 Å². The fourth-order valence-corrected chi connectivity index (χ4v) is 1.46. The van der Waals surface area contributed by atoms with Gasteiger partial charge in [-0.1, -0.05) is 33.6 Å². The van der Waals surface area contributed by atoms with Gasteiger partial charge in [0.05, 0.1) is 5.41 Å². The fraction of sp³-hybridized carbons (Fsp3) is 0.571. The topological polar surface area (TPSA) is 99.1 Å². The van der Waals surface area contributed by atoms with Crippen molar-refractivity contribution in [3.8, 4) is 0 Å². The smallest absolute Gasteiger partial charge is 0.333 e. The predicted molar refractivity (Wildman–Crippen MR) is 107 cm³/mol. The van der Waals surface area contributed by atoms with Crippen LogP contribution in [0.15, 0.2) is 36.5 Å². The second-order valence-electron chi connectivity index (χ2n) is 6.65. The lowest BCUT2D eigenvalue weighted by Crippen LogP contribution is -2.39. The second kappa shape index (κ2) is 14.6. The standard InChI is InChI=1S/C18H26O6.C3H8O/c1-8-18(9-22-15(19)12(2)3,10-23-16(20)13(4)5)11-24-17(21)14(6)7;1-2-3-4/h2,4,6,8-11H2,1,3,5,7H3;4H,2-3H2,1H3. The van der Waals surface area contributed by atoms with Gasteiger partial charge in [-0.25, -0.2) is 14.4 Å². The summed E-state index contributed by atoms with van der Waals surface area (Å²) < 4.78 is 15.5. The van der Waals surface area contributed by atoms with E-state index in [2.05, 4.69) is 19.7 Å². The van der Waals surface area contributed by atoms with Crippen molar-refractivity contribution in [3.05, 3.63) is 36.5 Å². The SMILES string of the molecule is C=C(C)C(=O)OCC(CC)(COC(=O)C(=C)C)COC(=O)C(=C)C.CCCO.